The molecule has 2 atom stereocenters. The van der Waals surface area contributed by atoms with E-state index in [9.17, 15) is 0 Å². The Balaban J connectivity index is 1.78. The van der Waals surface area contributed by atoms with Crippen LogP contribution in [0.15, 0.2) is 30.6 Å². The molecule has 156 valence electrons. The Kier molecular flexibility index (Phi) is 7.00. The number of aromatic nitrogens is 2. The molecule has 0 radical (unpaired) electrons. The summed E-state index contributed by atoms with van der Waals surface area (Å²) >= 11 is 0. The van der Waals surface area contributed by atoms with Gasteiger partial charge in [-0.05, 0) is 39.0 Å². The van der Waals surface area contributed by atoms with E-state index in [1.807, 2.05) is 26.8 Å². The molecule has 29 heavy (non-hydrogen) atoms. The molecule has 0 amide bonds. The van der Waals surface area contributed by atoms with Gasteiger partial charge in [0.15, 0.2) is 0 Å². The Labute approximate surface area is 171 Å². The van der Waals surface area contributed by atoms with Crippen LogP contribution in [0.5, 0.6) is 5.75 Å². The van der Waals surface area contributed by atoms with Crippen molar-refractivity contribution in [3.63, 3.8) is 0 Å². The summed E-state index contributed by atoms with van der Waals surface area (Å²) in [5, 5.41) is 8.65. The minimum Gasteiger partial charge on any atom is -0.491 e. The van der Waals surface area contributed by atoms with Crippen LogP contribution in [0.1, 0.15) is 32.0 Å². The van der Waals surface area contributed by atoms with E-state index in [1.165, 1.54) is 6.33 Å². The first-order chi connectivity index (χ1) is 14.0. The third kappa shape index (κ3) is 5.42. The molecule has 0 saturated carbocycles. The second-order valence-electron chi connectivity index (χ2n) is 7.09. The summed E-state index contributed by atoms with van der Waals surface area (Å²) in [4.78, 5) is 10.9. The monoisotopic (exact) mass is 399 g/mol. The van der Waals surface area contributed by atoms with Crippen LogP contribution in [0.3, 0.4) is 0 Å². The van der Waals surface area contributed by atoms with Gasteiger partial charge in [-0.15, -0.1) is 0 Å². The van der Waals surface area contributed by atoms with Crippen molar-refractivity contribution in [2.24, 2.45) is 0 Å². The second-order valence-corrected chi connectivity index (χ2v) is 7.09. The van der Waals surface area contributed by atoms with Gasteiger partial charge in [-0.3, -0.25) is 5.41 Å². The molecule has 0 aliphatic carbocycles. The number of benzene rings is 1. The molecule has 2 aromatic rings. The first-order valence-electron chi connectivity index (χ1n) is 9.89. The summed E-state index contributed by atoms with van der Waals surface area (Å²) in [6.07, 6.45) is 1.73. The van der Waals surface area contributed by atoms with E-state index >= 15 is 0 Å². The van der Waals surface area contributed by atoms with E-state index in [0.717, 1.165) is 18.9 Å². The quantitative estimate of drug-likeness (QED) is 0.399. The number of rotatable bonds is 8. The van der Waals surface area contributed by atoms with Crippen molar-refractivity contribution in [1.82, 2.24) is 9.97 Å². The fourth-order valence-corrected chi connectivity index (χ4v) is 3.36. The zero-order valence-corrected chi connectivity index (χ0v) is 17.2. The molecule has 3 N–H and O–H groups in total. The number of nitrogens with two attached hydrogens (primary N) is 1. The third-order valence-corrected chi connectivity index (χ3v) is 4.65. The average molecular weight is 399 g/mol. The predicted octanol–water partition coefficient (Wildman–Crippen LogP) is 2.50. The lowest BCUT2D eigenvalue weighted by atomic mass is 10.0. The van der Waals surface area contributed by atoms with Crippen LogP contribution in [0.4, 0.5) is 11.5 Å². The van der Waals surface area contributed by atoms with Crippen molar-refractivity contribution >= 4 is 17.2 Å². The Hall–Kier alpha value is -2.71. The zero-order valence-electron chi connectivity index (χ0n) is 17.2. The number of hydrogen-bond acceptors (Lipinski definition) is 8. The molecule has 1 aromatic carbocycles. The van der Waals surface area contributed by atoms with Gasteiger partial charge in [0.2, 0.25) is 0 Å². The van der Waals surface area contributed by atoms with Crippen LogP contribution in [-0.2, 0) is 9.47 Å². The van der Waals surface area contributed by atoms with E-state index in [2.05, 4.69) is 14.9 Å². The lowest BCUT2D eigenvalue weighted by Gasteiger charge is -2.36. The van der Waals surface area contributed by atoms with Gasteiger partial charge in [-0.1, -0.05) is 0 Å². The molecule has 1 aliphatic rings. The van der Waals surface area contributed by atoms with Gasteiger partial charge >= 0.3 is 0 Å². The average Bonchev–Trinajstić information content (AvgIpc) is 2.71. The fraction of sp³-hybridized carbons (Fsp3) is 0.476. The van der Waals surface area contributed by atoms with Crippen LogP contribution in [0.25, 0.3) is 0 Å². The second kappa shape index (κ2) is 9.67. The molecule has 1 aromatic heterocycles. The van der Waals surface area contributed by atoms with Crippen molar-refractivity contribution in [3.05, 3.63) is 41.9 Å². The fourth-order valence-electron chi connectivity index (χ4n) is 3.36. The standard InChI is InChI=1S/C21H29N5O3/c1-4-27-7-8-28-16-5-6-18(22)17(9-16)21(23)19-10-20(25-13-24-19)26-11-14(2)29-15(3)12-26/h5-6,9-10,13-15,23H,4,7-8,11-12,22H2,1-3H3. The Morgan fingerprint density at radius 3 is 2.69 bits per heavy atom. The predicted molar refractivity (Wildman–Crippen MR) is 113 cm³/mol. The third-order valence-electron chi connectivity index (χ3n) is 4.65. The molecular formula is C21H29N5O3. The van der Waals surface area contributed by atoms with E-state index < -0.39 is 0 Å². The Morgan fingerprint density at radius 2 is 1.97 bits per heavy atom. The highest BCUT2D eigenvalue weighted by atomic mass is 16.5. The van der Waals surface area contributed by atoms with E-state index in [4.69, 9.17) is 25.4 Å². The lowest BCUT2D eigenvalue weighted by Crippen LogP contribution is -2.45. The van der Waals surface area contributed by atoms with Gasteiger partial charge in [0.25, 0.3) is 0 Å². The summed E-state index contributed by atoms with van der Waals surface area (Å²) in [6.45, 7) is 9.14. The van der Waals surface area contributed by atoms with Crippen molar-refractivity contribution < 1.29 is 14.2 Å². The number of nitrogens with zero attached hydrogens (tertiary/aromatic N) is 3. The number of hydrogen-bond donors (Lipinski definition) is 2. The molecule has 2 unspecified atom stereocenters. The van der Waals surface area contributed by atoms with Crippen molar-refractivity contribution in [2.45, 2.75) is 33.0 Å². The van der Waals surface area contributed by atoms with E-state index in [0.29, 0.717) is 42.5 Å². The number of morpholine rings is 1. The summed E-state index contributed by atoms with van der Waals surface area (Å²) in [5.41, 5.74) is 7.95. The molecular weight excluding hydrogens is 370 g/mol. The maximum absolute atomic E-state index is 8.65. The molecule has 1 saturated heterocycles. The number of anilines is 2. The highest BCUT2D eigenvalue weighted by Crippen LogP contribution is 2.24. The summed E-state index contributed by atoms with van der Waals surface area (Å²) < 4.78 is 16.8. The van der Waals surface area contributed by atoms with Crippen LogP contribution in [0.2, 0.25) is 0 Å². The molecule has 3 rings (SSSR count). The molecule has 1 aliphatic heterocycles. The number of nitrogens with one attached hydrogen (secondary N) is 1. The summed E-state index contributed by atoms with van der Waals surface area (Å²) in [6, 6.07) is 7.13. The minimum atomic E-state index is 0.123. The van der Waals surface area contributed by atoms with E-state index in [1.54, 1.807) is 18.2 Å². The molecule has 1 fully saturated rings. The van der Waals surface area contributed by atoms with Gasteiger partial charge < -0.3 is 24.8 Å². The lowest BCUT2D eigenvalue weighted by molar-refractivity contribution is -0.00546. The van der Waals surface area contributed by atoms with Gasteiger partial charge in [-0.25, -0.2) is 9.97 Å². The maximum atomic E-state index is 8.65. The topological polar surface area (TPSA) is 107 Å². The van der Waals surface area contributed by atoms with Gasteiger partial charge in [-0.2, -0.15) is 0 Å². The van der Waals surface area contributed by atoms with Crippen LogP contribution < -0.4 is 15.4 Å². The molecule has 8 heteroatoms. The van der Waals surface area contributed by atoms with Crippen LogP contribution in [0, 0.1) is 5.41 Å². The normalized spacial score (nSPS) is 19.2. The van der Waals surface area contributed by atoms with Crippen molar-refractivity contribution in [1.29, 1.82) is 5.41 Å². The first kappa shape index (κ1) is 21.0. The maximum Gasteiger partial charge on any atom is 0.132 e. The van der Waals surface area contributed by atoms with Crippen LogP contribution in [-0.4, -0.2) is 60.8 Å². The van der Waals surface area contributed by atoms with Crippen molar-refractivity contribution in [3.8, 4) is 5.75 Å². The van der Waals surface area contributed by atoms with Crippen LogP contribution >= 0.6 is 0 Å². The highest BCUT2D eigenvalue weighted by molar-refractivity contribution is 6.13. The highest BCUT2D eigenvalue weighted by Gasteiger charge is 2.24. The number of nitrogen functional groups attached to an aromatic ring is 1. The SMILES string of the molecule is CCOCCOc1ccc(N)c(C(=N)c2cc(N3CC(C)OC(C)C3)ncn2)c1. The summed E-state index contributed by atoms with van der Waals surface area (Å²) in [5.74, 6) is 1.42. The number of ether oxygens (including phenoxy) is 3. The molecule has 2 heterocycles. The zero-order chi connectivity index (χ0) is 20.8. The Bertz CT molecular complexity index is 835. The van der Waals surface area contributed by atoms with Gasteiger partial charge in [0, 0.05) is 37.0 Å². The van der Waals surface area contributed by atoms with Crippen molar-refractivity contribution in [2.75, 3.05) is 43.5 Å². The largest absolute Gasteiger partial charge is 0.491 e. The van der Waals surface area contributed by atoms with Gasteiger partial charge in [0.05, 0.1) is 30.2 Å². The molecule has 8 nitrogen and oxygen atoms in total. The Morgan fingerprint density at radius 1 is 1.21 bits per heavy atom. The first-order valence-corrected chi connectivity index (χ1v) is 9.89. The van der Waals surface area contributed by atoms with E-state index in [-0.39, 0.29) is 17.9 Å². The smallest absolute Gasteiger partial charge is 0.132 e. The molecule has 0 spiro atoms. The minimum absolute atomic E-state index is 0.123. The van der Waals surface area contributed by atoms with Gasteiger partial charge in [0.1, 0.15) is 24.5 Å². The molecule has 0 bridgehead atoms. The summed E-state index contributed by atoms with van der Waals surface area (Å²) in [7, 11) is 0.